The lowest BCUT2D eigenvalue weighted by Crippen LogP contribution is -2.30. The fourth-order valence-corrected chi connectivity index (χ4v) is 2.18. The zero-order chi connectivity index (χ0) is 14.4. The van der Waals surface area contributed by atoms with Gasteiger partial charge in [0.25, 0.3) is 0 Å². The first-order chi connectivity index (χ1) is 9.63. The second-order valence-corrected chi connectivity index (χ2v) is 5.67. The third-order valence-corrected chi connectivity index (χ3v) is 3.49. The van der Waals surface area contributed by atoms with Gasteiger partial charge in [-0.25, -0.2) is 0 Å². The van der Waals surface area contributed by atoms with Gasteiger partial charge >= 0.3 is 0 Å². The van der Waals surface area contributed by atoms with Crippen LogP contribution in [0.4, 0.5) is 0 Å². The molecule has 0 heterocycles. The van der Waals surface area contributed by atoms with E-state index in [2.05, 4.69) is 17.6 Å². The molecule has 0 aliphatic heterocycles. The minimum absolute atomic E-state index is 0.181. The molecule has 1 unspecified atom stereocenters. The Morgan fingerprint density at radius 2 is 2.05 bits per heavy atom. The molecular weight excluding hydrogens is 252 g/mol. The van der Waals surface area contributed by atoms with Crippen molar-refractivity contribution in [1.29, 1.82) is 0 Å². The van der Waals surface area contributed by atoms with Crippen molar-refractivity contribution in [3.05, 3.63) is 29.8 Å². The predicted octanol–water partition coefficient (Wildman–Crippen LogP) is 1.97. The smallest absolute Gasteiger partial charge is 0.220 e. The van der Waals surface area contributed by atoms with Crippen LogP contribution in [0, 0.1) is 0 Å². The van der Waals surface area contributed by atoms with E-state index in [4.69, 9.17) is 0 Å². The van der Waals surface area contributed by atoms with Gasteiger partial charge in [0.1, 0.15) is 5.75 Å². The van der Waals surface area contributed by atoms with Gasteiger partial charge in [-0.1, -0.05) is 12.1 Å². The van der Waals surface area contributed by atoms with Gasteiger partial charge in [-0.3, -0.25) is 4.79 Å². The summed E-state index contributed by atoms with van der Waals surface area (Å²) in [6.07, 6.45) is 4.70. The Balaban J connectivity index is 1.56. The van der Waals surface area contributed by atoms with Gasteiger partial charge in [0.05, 0.1) is 0 Å². The highest BCUT2D eigenvalue weighted by molar-refractivity contribution is 5.76. The molecule has 1 aromatic carbocycles. The van der Waals surface area contributed by atoms with Crippen LogP contribution in [0.2, 0.25) is 0 Å². The highest BCUT2D eigenvalue weighted by Gasteiger charge is 2.22. The van der Waals surface area contributed by atoms with Crippen LogP contribution in [-0.4, -0.2) is 29.6 Å². The minimum Gasteiger partial charge on any atom is -0.508 e. The molecule has 1 aliphatic rings. The first-order valence-electron chi connectivity index (χ1n) is 7.44. The Morgan fingerprint density at radius 1 is 1.35 bits per heavy atom. The number of carbonyl (C=O) groups is 1. The maximum atomic E-state index is 11.5. The van der Waals surface area contributed by atoms with E-state index in [0.29, 0.717) is 24.3 Å². The van der Waals surface area contributed by atoms with Gasteiger partial charge in [-0.05, 0) is 56.8 Å². The number of carbonyl (C=O) groups excluding carboxylic acids is 1. The van der Waals surface area contributed by atoms with Gasteiger partial charge < -0.3 is 15.7 Å². The quantitative estimate of drug-likeness (QED) is 0.636. The summed E-state index contributed by atoms with van der Waals surface area (Å²) >= 11 is 0. The third kappa shape index (κ3) is 5.61. The fourth-order valence-electron chi connectivity index (χ4n) is 2.18. The Bertz CT molecular complexity index is 427. The Kier molecular flexibility index (Phi) is 5.41. The molecule has 110 valence electrons. The summed E-state index contributed by atoms with van der Waals surface area (Å²) < 4.78 is 0. The lowest BCUT2D eigenvalue weighted by Gasteiger charge is -2.14. The van der Waals surface area contributed by atoms with E-state index >= 15 is 0 Å². The summed E-state index contributed by atoms with van der Waals surface area (Å²) in [4.78, 5) is 11.5. The first-order valence-corrected chi connectivity index (χ1v) is 7.44. The first kappa shape index (κ1) is 14.9. The van der Waals surface area contributed by atoms with Crippen molar-refractivity contribution in [2.24, 2.45) is 0 Å². The van der Waals surface area contributed by atoms with Crippen LogP contribution in [0.5, 0.6) is 5.75 Å². The molecule has 4 heteroatoms. The van der Waals surface area contributed by atoms with Crippen molar-refractivity contribution in [3.8, 4) is 5.75 Å². The summed E-state index contributed by atoms with van der Waals surface area (Å²) in [5.41, 5.74) is 1.20. The SMILES string of the molecule is CC(Cc1ccc(O)cc1)NCCCC(=O)NC1CC1. The molecule has 20 heavy (non-hydrogen) atoms. The minimum atomic E-state index is 0.181. The summed E-state index contributed by atoms with van der Waals surface area (Å²) in [5.74, 6) is 0.483. The second kappa shape index (κ2) is 7.29. The lowest BCUT2D eigenvalue weighted by molar-refractivity contribution is -0.121. The normalized spacial score (nSPS) is 15.8. The van der Waals surface area contributed by atoms with Gasteiger partial charge in [-0.15, -0.1) is 0 Å². The fraction of sp³-hybridized carbons (Fsp3) is 0.562. The van der Waals surface area contributed by atoms with E-state index in [-0.39, 0.29) is 5.91 Å². The Morgan fingerprint density at radius 3 is 2.70 bits per heavy atom. The van der Waals surface area contributed by atoms with Crippen molar-refractivity contribution >= 4 is 5.91 Å². The van der Waals surface area contributed by atoms with E-state index in [1.165, 1.54) is 5.56 Å². The lowest BCUT2D eigenvalue weighted by atomic mass is 10.1. The van der Waals surface area contributed by atoms with Crippen LogP contribution in [0.3, 0.4) is 0 Å². The summed E-state index contributed by atoms with van der Waals surface area (Å²) in [7, 11) is 0. The molecular formula is C16H24N2O2. The van der Waals surface area contributed by atoms with Gasteiger partial charge in [0, 0.05) is 18.5 Å². The third-order valence-electron chi connectivity index (χ3n) is 3.49. The average Bonchev–Trinajstić information content (AvgIpc) is 3.21. The van der Waals surface area contributed by atoms with Crippen molar-refractivity contribution in [2.45, 2.75) is 51.1 Å². The molecule has 0 spiro atoms. The molecule has 1 aliphatic carbocycles. The average molecular weight is 276 g/mol. The van der Waals surface area contributed by atoms with Gasteiger partial charge in [0.15, 0.2) is 0 Å². The van der Waals surface area contributed by atoms with Gasteiger partial charge in [-0.2, -0.15) is 0 Å². The monoisotopic (exact) mass is 276 g/mol. The molecule has 0 bridgehead atoms. The number of phenolic OH excluding ortho intramolecular Hbond substituents is 1. The van der Waals surface area contributed by atoms with Crippen LogP contribution >= 0.6 is 0 Å². The zero-order valence-corrected chi connectivity index (χ0v) is 12.1. The number of benzene rings is 1. The zero-order valence-electron chi connectivity index (χ0n) is 12.1. The molecule has 0 saturated heterocycles. The van der Waals surface area contributed by atoms with E-state index in [1.807, 2.05) is 12.1 Å². The van der Waals surface area contributed by atoms with Crippen molar-refractivity contribution in [3.63, 3.8) is 0 Å². The molecule has 0 aromatic heterocycles. The van der Waals surface area contributed by atoms with Crippen LogP contribution in [0.25, 0.3) is 0 Å². The van der Waals surface area contributed by atoms with E-state index in [0.717, 1.165) is 32.2 Å². The van der Waals surface area contributed by atoms with Crippen molar-refractivity contribution < 1.29 is 9.90 Å². The molecule has 1 amide bonds. The molecule has 1 saturated carbocycles. The van der Waals surface area contributed by atoms with Crippen LogP contribution < -0.4 is 10.6 Å². The number of aromatic hydroxyl groups is 1. The van der Waals surface area contributed by atoms with E-state index < -0.39 is 0 Å². The van der Waals surface area contributed by atoms with E-state index in [9.17, 15) is 9.90 Å². The molecule has 0 radical (unpaired) electrons. The molecule has 2 rings (SSSR count). The number of rotatable bonds is 8. The number of hydrogen-bond acceptors (Lipinski definition) is 3. The van der Waals surface area contributed by atoms with Crippen LogP contribution in [0.15, 0.2) is 24.3 Å². The number of phenols is 1. The highest BCUT2D eigenvalue weighted by atomic mass is 16.3. The predicted molar refractivity (Wildman–Crippen MR) is 79.7 cm³/mol. The molecule has 1 fully saturated rings. The van der Waals surface area contributed by atoms with Crippen LogP contribution in [0.1, 0.15) is 38.2 Å². The van der Waals surface area contributed by atoms with Crippen LogP contribution in [-0.2, 0) is 11.2 Å². The number of amides is 1. The maximum absolute atomic E-state index is 11.5. The Labute approximate surface area is 120 Å². The number of nitrogens with one attached hydrogen (secondary N) is 2. The van der Waals surface area contributed by atoms with Gasteiger partial charge in [0.2, 0.25) is 5.91 Å². The number of hydrogen-bond donors (Lipinski definition) is 3. The maximum Gasteiger partial charge on any atom is 0.220 e. The molecule has 4 nitrogen and oxygen atoms in total. The van der Waals surface area contributed by atoms with E-state index in [1.54, 1.807) is 12.1 Å². The Hall–Kier alpha value is -1.55. The second-order valence-electron chi connectivity index (χ2n) is 5.67. The standard InChI is InChI=1S/C16H24N2O2/c1-12(11-13-4-8-15(19)9-5-13)17-10-2-3-16(20)18-14-6-7-14/h4-5,8-9,12,14,17,19H,2-3,6-7,10-11H2,1H3,(H,18,20). The topological polar surface area (TPSA) is 61.4 Å². The van der Waals surface area contributed by atoms with Crippen molar-refractivity contribution in [1.82, 2.24) is 10.6 Å². The largest absolute Gasteiger partial charge is 0.508 e. The summed E-state index contributed by atoms with van der Waals surface area (Å²) in [5, 5.41) is 15.7. The highest BCUT2D eigenvalue weighted by Crippen LogP contribution is 2.18. The molecule has 3 N–H and O–H groups in total. The molecule has 1 aromatic rings. The summed E-state index contributed by atoms with van der Waals surface area (Å²) in [6.45, 7) is 2.99. The summed E-state index contributed by atoms with van der Waals surface area (Å²) in [6, 6.07) is 8.14. The van der Waals surface area contributed by atoms with Crippen molar-refractivity contribution in [2.75, 3.05) is 6.54 Å². The molecule has 1 atom stereocenters.